The summed E-state index contributed by atoms with van der Waals surface area (Å²) < 4.78 is 0. The highest BCUT2D eigenvalue weighted by molar-refractivity contribution is 6.02. The Bertz CT molecular complexity index is 1260. The molecule has 5 N–H and O–H groups in total. The van der Waals surface area contributed by atoms with Crippen molar-refractivity contribution < 1.29 is 9.59 Å². The van der Waals surface area contributed by atoms with Crippen molar-refractivity contribution in [2.45, 2.75) is 0 Å². The van der Waals surface area contributed by atoms with Crippen LogP contribution in [-0.2, 0) is 4.79 Å². The van der Waals surface area contributed by atoms with Gasteiger partial charge in [0.25, 0.3) is 5.91 Å². The SMILES string of the molecule is NC(=O)CNC(=O)c1ccccc1Nc1ccc2c(/C=C/c3ccccn3)n[nH]c2c1. The van der Waals surface area contributed by atoms with Crippen molar-refractivity contribution in [1.29, 1.82) is 0 Å². The van der Waals surface area contributed by atoms with Crippen LogP contribution in [0.5, 0.6) is 0 Å². The lowest BCUT2D eigenvalue weighted by atomic mass is 10.1. The Hall–Kier alpha value is -4.46. The van der Waals surface area contributed by atoms with Crippen LogP contribution in [0.1, 0.15) is 21.7 Å². The molecule has 0 spiro atoms. The topological polar surface area (TPSA) is 126 Å². The Morgan fingerprint density at radius 1 is 1.03 bits per heavy atom. The molecule has 0 aliphatic carbocycles. The highest BCUT2D eigenvalue weighted by Gasteiger charge is 2.12. The Morgan fingerprint density at radius 3 is 2.68 bits per heavy atom. The van der Waals surface area contributed by atoms with Gasteiger partial charge in [-0.1, -0.05) is 18.2 Å². The van der Waals surface area contributed by atoms with Crippen molar-refractivity contribution in [2.75, 3.05) is 11.9 Å². The largest absolute Gasteiger partial charge is 0.368 e. The number of hydrogen-bond acceptors (Lipinski definition) is 5. The summed E-state index contributed by atoms with van der Waals surface area (Å²) in [5.74, 6) is -0.983. The highest BCUT2D eigenvalue weighted by atomic mass is 16.2. The number of primary amides is 1. The number of anilines is 2. The average molecular weight is 412 g/mol. The summed E-state index contributed by atoms with van der Waals surface area (Å²) in [7, 11) is 0. The number of aromatic amines is 1. The normalized spacial score (nSPS) is 11.0. The van der Waals surface area contributed by atoms with Crippen molar-refractivity contribution in [2.24, 2.45) is 5.73 Å². The summed E-state index contributed by atoms with van der Waals surface area (Å²) in [6.45, 7) is -0.220. The van der Waals surface area contributed by atoms with Crippen molar-refractivity contribution in [1.82, 2.24) is 20.5 Å². The van der Waals surface area contributed by atoms with Crippen LogP contribution in [0.2, 0.25) is 0 Å². The number of hydrogen-bond donors (Lipinski definition) is 4. The van der Waals surface area contributed by atoms with E-state index in [2.05, 4.69) is 25.8 Å². The van der Waals surface area contributed by atoms with E-state index in [-0.39, 0.29) is 12.5 Å². The number of H-pyrrole nitrogens is 1. The number of rotatable bonds is 7. The molecule has 0 radical (unpaired) electrons. The maximum Gasteiger partial charge on any atom is 0.253 e. The van der Waals surface area contributed by atoms with E-state index in [9.17, 15) is 9.59 Å². The second-order valence-electron chi connectivity index (χ2n) is 6.78. The molecule has 154 valence electrons. The number of fused-ring (bicyclic) bond motifs is 1. The number of pyridine rings is 1. The highest BCUT2D eigenvalue weighted by Crippen LogP contribution is 2.26. The minimum Gasteiger partial charge on any atom is -0.368 e. The third kappa shape index (κ3) is 4.76. The van der Waals surface area contributed by atoms with E-state index < -0.39 is 5.91 Å². The van der Waals surface area contributed by atoms with Crippen LogP contribution < -0.4 is 16.4 Å². The first-order chi connectivity index (χ1) is 15.1. The molecule has 2 heterocycles. The predicted molar refractivity (Wildman–Crippen MR) is 121 cm³/mol. The number of nitrogens with two attached hydrogens (primary N) is 1. The fourth-order valence-corrected chi connectivity index (χ4v) is 3.09. The molecule has 0 atom stereocenters. The summed E-state index contributed by atoms with van der Waals surface area (Å²) in [5.41, 5.74) is 9.41. The molecule has 0 saturated heterocycles. The van der Waals surface area contributed by atoms with Gasteiger partial charge in [0.15, 0.2) is 0 Å². The van der Waals surface area contributed by atoms with Crippen molar-refractivity contribution in [3.05, 3.63) is 83.8 Å². The summed E-state index contributed by atoms with van der Waals surface area (Å²) >= 11 is 0. The Morgan fingerprint density at radius 2 is 1.87 bits per heavy atom. The van der Waals surface area contributed by atoms with Gasteiger partial charge < -0.3 is 16.4 Å². The van der Waals surface area contributed by atoms with Gasteiger partial charge in [0.2, 0.25) is 5.91 Å². The van der Waals surface area contributed by atoms with Crippen LogP contribution in [0.3, 0.4) is 0 Å². The molecule has 4 rings (SSSR count). The number of amides is 2. The van der Waals surface area contributed by atoms with Gasteiger partial charge in [-0.3, -0.25) is 19.7 Å². The van der Waals surface area contributed by atoms with Crippen LogP contribution in [0.4, 0.5) is 11.4 Å². The summed E-state index contributed by atoms with van der Waals surface area (Å²) in [6, 6.07) is 18.5. The Balaban J connectivity index is 1.55. The van der Waals surface area contributed by atoms with E-state index in [0.29, 0.717) is 11.3 Å². The number of para-hydroxylation sites is 1. The zero-order chi connectivity index (χ0) is 21.6. The second kappa shape index (κ2) is 8.91. The number of carbonyl (C=O) groups excluding carboxylic acids is 2. The van der Waals surface area contributed by atoms with Crippen molar-refractivity contribution in [3.8, 4) is 0 Å². The van der Waals surface area contributed by atoms with Gasteiger partial charge in [0.05, 0.1) is 34.7 Å². The van der Waals surface area contributed by atoms with Gasteiger partial charge in [-0.05, 0) is 54.6 Å². The van der Waals surface area contributed by atoms with E-state index in [1.807, 2.05) is 54.6 Å². The zero-order valence-corrected chi connectivity index (χ0v) is 16.5. The molecule has 0 unspecified atom stereocenters. The minimum atomic E-state index is -0.601. The third-order valence-electron chi connectivity index (χ3n) is 4.57. The van der Waals surface area contributed by atoms with Crippen molar-refractivity contribution >= 4 is 46.2 Å². The third-order valence-corrected chi connectivity index (χ3v) is 4.57. The van der Waals surface area contributed by atoms with E-state index in [1.54, 1.807) is 24.4 Å². The quantitative estimate of drug-likeness (QED) is 0.371. The summed E-state index contributed by atoms with van der Waals surface area (Å²) in [4.78, 5) is 27.6. The monoisotopic (exact) mass is 412 g/mol. The molecule has 0 fully saturated rings. The molecule has 0 bridgehead atoms. The lowest BCUT2D eigenvalue weighted by molar-refractivity contribution is -0.117. The van der Waals surface area contributed by atoms with Gasteiger partial charge in [-0.15, -0.1) is 0 Å². The minimum absolute atomic E-state index is 0.220. The van der Waals surface area contributed by atoms with Crippen LogP contribution in [0, 0.1) is 0 Å². The average Bonchev–Trinajstić information content (AvgIpc) is 3.19. The second-order valence-corrected chi connectivity index (χ2v) is 6.78. The maximum absolute atomic E-state index is 12.4. The summed E-state index contributed by atoms with van der Waals surface area (Å²) in [6.07, 6.45) is 5.56. The van der Waals surface area contributed by atoms with Crippen LogP contribution in [0.15, 0.2) is 66.9 Å². The van der Waals surface area contributed by atoms with E-state index >= 15 is 0 Å². The van der Waals surface area contributed by atoms with Gasteiger partial charge in [-0.2, -0.15) is 5.10 Å². The fraction of sp³-hybridized carbons (Fsp3) is 0.0435. The van der Waals surface area contributed by atoms with Gasteiger partial charge >= 0.3 is 0 Å². The number of nitrogens with one attached hydrogen (secondary N) is 3. The van der Waals surface area contributed by atoms with E-state index in [0.717, 1.165) is 28.0 Å². The molecule has 4 aromatic rings. The van der Waals surface area contributed by atoms with Gasteiger partial charge in [-0.25, -0.2) is 0 Å². The first-order valence-corrected chi connectivity index (χ1v) is 9.60. The number of nitrogens with zero attached hydrogens (tertiary/aromatic N) is 2. The number of carbonyl (C=O) groups is 2. The molecule has 2 aromatic carbocycles. The molecule has 0 saturated carbocycles. The first kappa shape index (κ1) is 19.8. The van der Waals surface area contributed by atoms with Crippen LogP contribution in [-0.4, -0.2) is 33.5 Å². The maximum atomic E-state index is 12.4. The molecular formula is C23H20N6O2. The molecule has 8 heteroatoms. The number of benzene rings is 2. The van der Waals surface area contributed by atoms with Gasteiger partial charge in [0.1, 0.15) is 0 Å². The predicted octanol–water partition coefficient (Wildman–Crippen LogP) is 3.09. The number of aromatic nitrogens is 3. The fourth-order valence-electron chi connectivity index (χ4n) is 3.09. The van der Waals surface area contributed by atoms with E-state index in [1.165, 1.54) is 0 Å². The van der Waals surface area contributed by atoms with E-state index in [4.69, 9.17) is 5.73 Å². The zero-order valence-electron chi connectivity index (χ0n) is 16.5. The molecule has 2 aromatic heterocycles. The smallest absolute Gasteiger partial charge is 0.253 e. The lowest BCUT2D eigenvalue weighted by Gasteiger charge is -2.12. The molecule has 0 aliphatic heterocycles. The molecular weight excluding hydrogens is 392 g/mol. The molecule has 31 heavy (non-hydrogen) atoms. The molecule has 0 aliphatic rings. The molecule has 2 amide bonds. The van der Waals surface area contributed by atoms with Crippen molar-refractivity contribution in [3.63, 3.8) is 0 Å². The standard InChI is InChI=1S/C23H20N6O2/c24-22(30)14-26-23(31)18-6-1-2-7-19(18)27-16-8-10-17-20(28-29-21(17)13-16)11-9-15-5-3-4-12-25-15/h1-13,27H,14H2,(H2,24,30)(H,26,31)(H,28,29)/b11-9+. The van der Waals surface area contributed by atoms with Crippen LogP contribution >= 0.6 is 0 Å². The lowest BCUT2D eigenvalue weighted by Crippen LogP contribution is -2.33. The first-order valence-electron chi connectivity index (χ1n) is 9.60. The van der Waals surface area contributed by atoms with Gasteiger partial charge in [0, 0.05) is 17.3 Å². The Kier molecular flexibility index (Phi) is 5.70. The van der Waals surface area contributed by atoms with Crippen LogP contribution in [0.25, 0.3) is 23.1 Å². The molecule has 8 nitrogen and oxygen atoms in total. The Labute approximate surface area is 178 Å². The summed E-state index contributed by atoms with van der Waals surface area (Å²) in [5, 5.41) is 14.1.